The van der Waals surface area contributed by atoms with E-state index in [9.17, 15) is 20.4 Å². The summed E-state index contributed by atoms with van der Waals surface area (Å²) < 4.78 is 53.4. The van der Waals surface area contributed by atoms with Crippen LogP contribution >= 0.6 is 0 Å². The topological polar surface area (TPSA) is 155 Å². The van der Waals surface area contributed by atoms with Crippen LogP contribution in [0.4, 0.5) is 0 Å². The summed E-state index contributed by atoms with van der Waals surface area (Å²) in [6, 6.07) is 0. The lowest BCUT2D eigenvalue weighted by Crippen LogP contribution is -2.55. The molecular formula is C108H172O12. The highest BCUT2D eigenvalue weighted by molar-refractivity contribution is 5.29. The maximum Gasteiger partial charge on any atom is 0.171 e. The molecule has 0 aromatic rings. The van der Waals surface area contributed by atoms with E-state index in [1.807, 2.05) is 0 Å². The highest BCUT2D eigenvalue weighted by Gasteiger charge is 2.75. The van der Waals surface area contributed by atoms with Crippen molar-refractivity contribution < 1.29 is 58.3 Å². The van der Waals surface area contributed by atoms with Crippen LogP contribution in [-0.4, -0.2) is 119 Å². The molecule has 46 atom stereocenters. The van der Waals surface area contributed by atoms with Crippen molar-refractivity contribution in [1.82, 2.24) is 0 Å². The Labute approximate surface area is 727 Å². The summed E-state index contributed by atoms with van der Waals surface area (Å²) in [6.45, 7) is 43.3. The molecule has 0 unspecified atom stereocenters. The normalized spacial score (nSPS) is 61.2. The largest absolute Gasteiger partial charge is 0.393 e. The molecule has 0 radical (unpaired) electrons. The molecule has 0 bridgehead atoms. The van der Waals surface area contributed by atoms with Crippen LogP contribution in [0.2, 0.25) is 0 Å². The Balaban J connectivity index is 0.0000000990. The maximum absolute atomic E-state index is 10.3. The van der Waals surface area contributed by atoms with Gasteiger partial charge in [0.15, 0.2) is 23.1 Å². The van der Waals surface area contributed by atoms with Crippen molar-refractivity contribution in [1.29, 1.82) is 0 Å². The van der Waals surface area contributed by atoms with Crippen molar-refractivity contribution in [3.05, 3.63) is 23.3 Å². The van der Waals surface area contributed by atoms with Crippen LogP contribution in [0.5, 0.6) is 0 Å². The fourth-order valence-electron chi connectivity index (χ4n) is 39.8. The molecule has 4 spiro atoms. The number of rotatable bonds is 0. The van der Waals surface area contributed by atoms with Crippen molar-refractivity contribution >= 4 is 0 Å². The van der Waals surface area contributed by atoms with Crippen LogP contribution in [0.3, 0.4) is 0 Å². The van der Waals surface area contributed by atoms with E-state index in [-0.39, 0.29) is 47.6 Å². The van der Waals surface area contributed by atoms with E-state index < -0.39 is 0 Å². The van der Waals surface area contributed by atoms with Gasteiger partial charge in [-0.05, 0) is 392 Å². The summed E-state index contributed by atoms with van der Waals surface area (Å²) in [5.41, 5.74) is 6.42. The van der Waals surface area contributed by atoms with E-state index in [0.29, 0.717) is 139 Å². The third-order valence-electron chi connectivity index (χ3n) is 46.5. The van der Waals surface area contributed by atoms with Gasteiger partial charge in [-0.3, -0.25) is 0 Å². The van der Waals surface area contributed by atoms with Crippen LogP contribution in [0.15, 0.2) is 23.3 Å². The van der Waals surface area contributed by atoms with Gasteiger partial charge < -0.3 is 58.3 Å². The number of hydrogen-bond donors (Lipinski definition) is 4. The van der Waals surface area contributed by atoms with Gasteiger partial charge in [0.1, 0.15) is 0 Å². The third kappa shape index (κ3) is 12.8. The Kier molecular flexibility index (Phi) is 21.6. The highest BCUT2D eigenvalue weighted by atomic mass is 16.7. The lowest BCUT2D eigenvalue weighted by Gasteiger charge is -2.61. The molecule has 676 valence electrons. The van der Waals surface area contributed by atoms with Crippen molar-refractivity contribution in [2.24, 2.45) is 197 Å². The Bertz CT molecular complexity index is 3560. The Morgan fingerprint density at radius 1 is 0.267 bits per heavy atom. The van der Waals surface area contributed by atoms with Gasteiger partial charge in [0.05, 0.1) is 75.3 Å². The molecule has 0 aromatic heterocycles. The summed E-state index contributed by atoms with van der Waals surface area (Å²) in [7, 11) is 0. The lowest BCUT2D eigenvalue weighted by atomic mass is 9.44. The predicted molar refractivity (Wildman–Crippen MR) is 471 cm³/mol. The molecule has 8 aliphatic heterocycles. The minimum Gasteiger partial charge on any atom is -0.393 e. The van der Waals surface area contributed by atoms with Gasteiger partial charge in [0.25, 0.3) is 0 Å². The second kappa shape index (κ2) is 30.3. The minimum atomic E-state index is -0.294. The number of allylic oxidation sites excluding steroid dienone is 2. The van der Waals surface area contributed by atoms with Crippen molar-refractivity contribution in [2.45, 2.75) is 427 Å². The first-order valence-electron chi connectivity index (χ1n) is 52.5. The van der Waals surface area contributed by atoms with Gasteiger partial charge in [0, 0.05) is 49.4 Å². The zero-order valence-corrected chi connectivity index (χ0v) is 78.5. The minimum absolute atomic E-state index is 0.0389. The Morgan fingerprint density at radius 3 is 0.833 bits per heavy atom. The molecule has 120 heavy (non-hydrogen) atoms. The first-order chi connectivity index (χ1) is 57.1. The Morgan fingerprint density at radius 2 is 0.542 bits per heavy atom. The number of aliphatic hydroxyl groups excluding tert-OH is 4. The highest BCUT2D eigenvalue weighted by Crippen LogP contribution is 2.78. The van der Waals surface area contributed by atoms with Gasteiger partial charge in [-0.15, -0.1) is 0 Å². The summed E-state index contributed by atoms with van der Waals surface area (Å²) >= 11 is 0. The Hall–Kier alpha value is -1.00. The summed E-state index contributed by atoms with van der Waals surface area (Å²) in [5, 5.41) is 41.1. The van der Waals surface area contributed by atoms with E-state index in [1.165, 1.54) is 167 Å². The number of fused-ring (bicyclic) bond motifs is 28. The molecule has 16 aliphatic carbocycles. The SMILES string of the molecule is C[C@@H]1CC[C@@]2(OC1)O[C@H]1C[C@H]3[C@@H]4CC=C5C[C@@H](O)CC[C@]5(C)[C@H]4CC[C@]3(C)[C@H]1[C@@H]2C.C[C@@H]1CC[C@@]2(OC1)O[C@H]1C[C@H]3[C@@H]4CC[C@H]5C[C@@H](O)CC[C@]5(C)[C@H]4CC[C@]3(C)[C@H]1[C@@H]2C.C[C@H]1CC[C@@]2(OC1)O[C@H]1C[C@H]3[C@@H]4CC=C5C[C@@H](O)CC[C@]5(C)[C@H]4CC[C@]3(C)[C@H]1[C@@H]2C.C[C@H]1CC[C@@]2(OC1)O[C@H]1C[C@H]3[C@@H]4CC[C@H]5C[C@@H](O)CC[C@]5(C)[C@H]4CC[C@]3(C)[C@H]1[C@@H]2C. The molecule has 8 heterocycles. The second-order valence-electron chi connectivity index (χ2n) is 51.6. The quantitative estimate of drug-likeness (QED) is 0.171. The van der Waals surface area contributed by atoms with Gasteiger partial charge >= 0.3 is 0 Å². The first kappa shape index (κ1) is 85.8. The number of hydrogen-bond acceptors (Lipinski definition) is 12. The van der Waals surface area contributed by atoms with Crippen molar-refractivity contribution in [2.75, 3.05) is 26.4 Å². The van der Waals surface area contributed by atoms with Gasteiger partial charge in [-0.2, -0.15) is 0 Å². The van der Waals surface area contributed by atoms with Crippen LogP contribution in [0, 0.1) is 197 Å². The van der Waals surface area contributed by atoms with Crippen molar-refractivity contribution in [3.63, 3.8) is 0 Å². The molecule has 0 aromatic carbocycles. The standard InChI is InChI=1S/2C27H44O3.2C27H42O3/c4*1-16-7-12-27(29-15-16)17(2)24-23(30-27)14-22-20-6-5-18-13-19(28)8-10-25(18,3)21(20)9-11-26(22,24)4/h2*16-24,28H,5-15H2,1-4H3;2*5,16-17,19-24,28H,6-15H2,1-4H3/t16-,17+,18+,19+,20-,21+,22+,23+,24+,25+,26+,27-;16-,17-,18-,19-,20+,21-,22-,23-,24-,25-,26-,27+;16-,17+,19+,20-,21+,22+,23+,24+,25+,26+,27-;16-,17-,19-,20+,21-,22-,23-,24-,25-,26-,27+/m1010/s1. The number of ether oxygens (including phenoxy) is 8. The molecule has 4 N–H and O–H groups in total. The average molecular weight is 1660 g/mol. The van der Waals surface area contributed by atoms with Crippen LogP contribution in [-0.2, 0) is 37.9 Å². The lowest BCUT2D eigenvalue weighted by molar-refractivity contribution is -0.273. The fraction of sp³-hybridized carbons (Fsp3) is 0.963. The number of aliphatic hydroxyl groups is 4. The molecule has 8 saturated heterocycles. The van der Waals surface area contributed by atoms with E-state index in [1.54, 1.807) is 11.1 Å². The van der Waals surface area contributed by atoms with Crippen LogP contribution in [0.1, 0.15) is 355 Å². The van der Waals surface area contributed by atoms with Crippen LogP contribution < -0.4 is 0 Å². The van der Waals surface area contributed by atoms with Gasteiger partial charge in [0.2, 0.25) is 0 Å². The van der Waals surface area contributed by atoms with Crippen LogP contribution in [0.25, 0.3) is 0 Å². The van der Waals surface area contributed by atoms with E-state index in [4.69, 9.17) is 37.9 Å². The zero-order chi connectivity index (χ0) is 83.6. The summed E-state index contributed by atoms with van der Waals surface area (Å²) in [6.07, 6.45) is 52.6. The average Bonchev–Trinajstić information content (AvgIpc) is 1.56. The summed E-state index contributed by atoms with van der Waals surface area (Å²) in [5.74, 6) is 17.7. The van der Waals surface area contributed by atoms with Gasteiger partial charge in [-0.25, -0.2) is 0 Å². The molecular weight excluding hydrogens is 1490 g/mol. The third-order valence-corrected chi connectivity index (χ3v) is 46.5. The van der Waals surface area contributed by atoms with Gasteiger partial charge in [-0.1, -0.05) is 134 Å². The van der Waals surface area contributed by atoms with E-state index in [0.717, 1.165) is 186 Å². The monoisotopic (exact) mass is 1660 g/mol. The predicted octanol–water partition coefficient (Wildman–Crippen LogP) is 23.0. The van der Waals surface area contributed by atoms with E-state index in [2.05, 4.69) is 123 Å². The molecule has 12 nitrogen and oxygen atoms in total. The summed E-state index contributed by atoms with van der Waals surface area (Å²) in [4.78, 5) is 0. The fourth-order valence-corrected chi connectivity index (χ4v) is 39.8. The van der Waals surface area contributed by atoms with Crippen molar-refractivity contribution in [3.8, 4) is 0 Å². The molecule has 14 saturated carbocycles. The second-order valence-corrected chi connectivity index (χ2v) is 51.6. The molecule has 22 fully saturated rings. The zero-order valence-electron chi connectivity index (χ0n) is 78.5. The first-order valence-corrected chi connectivity index (χ1v) is 52.5. The molecule has 24 aliphatic rings. The molecule has 12 heteroatoms. The molecule has 0 amide bonds. The molecule has 24 rings (SSSR count). The maximum atomic E-state index is 10.3. The smallest absolute Gasteiger partial charge is 0.171 e. The van der Waals surface area contributed by atoms with E-state index >= 15 is 0 Å².